The lowest BCUT2D eigenvalue weighted by molar-refractivity contribution is -0.128. The minimum absolute atomic E-state index is 0.0150. The Labute approximate surface area is 246 Å². The van der Waals surface area contributed by atoms with Crippen molar-refractivity contribution in [2.45, 2.75) is 69.6 Å². The topological polar surface area (TPSA) is 74.2 Å². The number of carbonyl (C=O) groups is 1. The molecule has 2 fully saturated rings. The number of ether oxygens (including phenoxy) is 1. The Balaban J connectivity index is 1.30. The van der Waals surface area contributed by atoms with Gasteiger partial charge < -0.3 is 19.5 Å². The number of aromatic nitrogens is 2. The van der Waals surface area contributed by atoms with Gasteiger partial charge in [-0.1, -0.05) is 6.58 Å². The molecular weight excluding hydrogens is 539 g/mol. The van der Waals surface area contributed by atoms with Crippen LogP contribution < -0.4 is 9.64 Å². The fourth-order valence-electron chi connectivity index (χ4n) is 7.26. The van der Waals surface area contributed by atoms with Crippen LogP contribution in [0.3, 0.4) is 0 Å². The second-order valence-corrected chi connectivity index (χ2v) is 13.2. The number of likely N-dealkylation sites (tertiary alicyclic amines) is 1. The lowest BCUT2D eigenvalue weighted by Gasteiger charge is -2.44. The molecule has 2 aromatic rings. The molecule has 0 bridgehead atoms. The maximum atomic E-state index is 14.0. The number of alkyl halides is 1. The summed E-state index contributed by atoms with van der Waals surface area (Å²) < 4.78 is 20.3. The quantitative estimate of drug-likeness (QED) is 0.365. The molecule has 4 aliphatic rings. The van der Waals surface area contributed by atoms with Crippen LogP contribution in [0, 0.1) is 5.41 Å². The van der Waals surface area contributed by atoms with Gasteiger partial charge in [-0.05, 0) is 80.5 Å². The molecule has 4 unspecified atom stereocenters. The van der Waals surface area contributed by atoms with Gasteiger partial charge in [0.1, 0.15) is 18.6 Å². The van der Waals surface area contributed by atoms with Crippen LogP contribution in [-0.4, -0.2) is 97.0 Å². The Kier molecular flexibility index (Phi) is 8.14. The normalized spacial score (nSPS) is 28.2. The zero-order valence-electron chi connectivity index (χ0n) is 24.2. The molecule has 0 aromatic carbocycles. The summed E-state index contributed by atoms with van der Waals surface area (Å²) in [5, 5.41) is 2.23. The first-order chi connectivity index (χ1) is 19.9. The molecule has 0 radical (unpaired) electrons. The minimum atomic E-state index is -0.819. The van der Waals surface area contributed by atoms with Gasteiger partial charge in [0.15, 0.2) is 0 Å². The van der Waals surface area contributed by atoms with E-state index in [-0.39, 0.29) is 23.4 Å². The molecule has 2 aliphatic heterocycles. The Hall–Kier alpha value is -2.85. The molecule has 8 nitrogen and oxygen atoms in total. The van der Waals surface area contributed by atoms with E-state index < -0.39 is 6.17 Å². The smallest absolute Gasteiger partial charge is 0.318 e. The maximum Gasteiger partial charge on any atom is 0.318 e. The number of halogens is 1. The number of aryl methyl sites for hydroxylation is 1. The number of hydrogen-bond donors (Lipinski definition) is 0. The molecule has 10 heteroatoms. The van der Waals surface area contributed by atoms with Gasteiger partial charge in [-0.3, -0.25) is 9.69 Å². The Bertz CT molecular complexity index is 1320. The van der Waals surface area contributed by atoms with Gasteiger partial charge in [0.25, 0.3) is 0 Å². The van der Waals surface area contributed by atoms with Crippen molar-refractivity contribution in [1.82, 2.24) is 19.8 Å². The third-order valence-corrected chi connectivity index (χ3v) is 10.6. The zero-order chi connectivity index (χ0) is 28.6. The Morgan fingerprint density at radius 1 is 1.24 bits per heavy atom. The van der Waals surface area contributed by atoms with Crippen molar-refractivity contribution in [2.75, 3.05) is 51.8 Å². The average Bonchev–Trinajstić information content (AvgIpc) is 3.57. The van der Waals surface area contributed by atoms with Gasteiger partial charge in [-0.2, -0.15) is 9.97 Å². The van der Waals surface area contributed by atoms with Crippen LogP contribution in [0.5, 0.6) is 6.01 Å². The van der Waals surface area contributed by atoms with E-state index in [1.54, 1.807) is 7.05 Å². The molecule has 1 spiro atoms. The number of fused-ring (bicyclic) bond motifs is 2. The molecule has 4 atom stereocenters. The van der Waals surface area contributed by atoms with E-state index in [4.69, 9.17) is 14.7 Å². The van der Waals surface area contributed by atoms with Crippen LogP contribution in [-0.2, 0) is 30.5 Å². The molecule has 0 N–H and O–H groups in total. The van der Waals surface area contributed by atoms with Crippen LogP contribution in [0.25, 0.3) is 0 Å². The number of hydrogen-bond acceptors (Lipinski definition) is 8. The van der Waals surface area contributed by atoms with E-state index in [1.807, 2.05) is 34.4 Å². The lowest BCUT2D eigenvalue weighted by atomic mass is 9.65. The summed E-state index contributed by atoms with van der Waals surface area (Å²) in [6.07, 6.45) is 10.0. The molecule has 6 rings (SSSR count). The maximum absolute atomic E-state index is 14.0. The van der Waals surface area contributed by atoms with Crippen molar-refractivity contribution in [3.05, 3.63) is 45.8 Å². The number of anilines is 1. The van der Waals surface area contributed by atoms with Crippen LogP contribution >= 0.6 is 11.3 Å². The first-order valence-electron chi connectivity index (χ1n) is 14.9. The van der Waals surface area contributed by atoms with Crippen molar-refractivity contribution >= 4 is 29.3 Å². The van der Waals surface area contributed by atoms with E-state index in [0.29, 0.717) is 51.6 Å². The SMILES string of the molecule is C=CC(=O)N1CCN(c2nc(OCC3CC(F)CN3C)nc3c2CCC2(CCc4ccsc4C2)C3)CC1CC=NC. The third kappa shape index (κ3) is 5.78. The number of piperazine rings is 1. The van der Waals surface area contributed by atoms with Gasteiger partial charge in [0.05, 0.1) is 11.7 Å². The van der Waals surface area contributed by atoms with Crippen molar-refractivity contribution < 1.29 is 13.9 Å². The van der Waals surface area contributed by atoms with E-state index in [0.717, 1.165) is 43.6 Å². The number of carbonyl (C=O) groups excluding carboxylic acids is 1. The van der Waals surface area contributed by atoms with Crippen LogP contribution in [0.4, 0.5) is 10.2 Å². The number of aliphatic imine (C=N–C) groups is 1. The second-order valence-electron chi connectivity index (χ2n) is 12.2. The van der Waals surface area contributed by atoms with Gasteiger partial charge >= 0.3 is 6.01 Å². The highest BCUT2D eigenvalue weighted by molar-refractivity contribution is 7.10. The molecule has 2 aromatic heterocycles. The fourth-order valence-corrected chi connectivity index (χ4v) is 8.36. The fraction of sp³-hybridized carbons (Fsp3) is 0.613. The summed E-state index contributed by atoms with van der Waals surface area (Å²) in [4.78, 5) is 34.6. The molecule has 2 saturated heterocycles. The second kappa shape index (κ2) is 11.8. The Morgan fingerprint density at radius 2 is 2.10 bits per heavy atom. The number of thiophene rings is 1. The number of nitrogens with zero attached hydrogens (tertiary/aromatic N) is 6. The van der Waals surface area contributed by atoms with E-state index >= 15 is 0 Å². The van der Waals surface area contributed by atoms with Crippen molar-refractivity contribution in [2.24, 2.45) is 10.4 Å². The largest absolute Gasteiger partial charge is 0.462 e. The highest BCUT2D eigenvalue weighted by Gasteiger charge is 2.41. The van der Waals surface area contributed by atoms with E-state index in [9.17, 15) is 9.18 Å². The van der Waals surface area contributed by atoms with Crippen LogP contribution in [0.2, 0.25) is 0 Å². The predicted molar refractivity (Wildman–Crippen MR) is 161 cm³/mol. The molecule has 0 saturated carbocycles. The standard InChI is InChI=1S/C31H41FN6O2S/c1-4-28(39)38-13-12-37(19-23(38)7-11-33-2)29-25-6-10-31(9-5-21-8-14-41-27(21)17-31)16-26(25)34-30(35-29)40-20-24-15-22(32)18-36(24)3/h4,8,11,14,22-24H,1,5-7,9-10,12-13,15-20H2,2-3H3. The summed E-state index contributed by atoms with van der Waals surface area (Å²) in [5.74, 6) is 0.881. The lowest BCUT2D eigenvalue weighted by Crippen LogP contribution is -2.55. The first-order valence-corrected chi connectivity index (χ1v) is 15.8. The zero-order valence-corrected chi connectivity index (χ0v) is 25.0. The van der Waals surface area contributed by atoms with Crippen molar-refractivity contribution in [1.29, 1.82) is 0 Å². The highest BCUT2D eigenvalue weighted by atomic mass is 32.1. The number of rotatable bonds is 7. The highest BCUT2D eigenvalue weighted by Crippen LogP contribution is 2.47. The van der Waals surface area contributed by atoms with Crippen LogP contribution in [0.1, 0.15) is 47.4 Å². The summed E-state index contributed by atoms with van der Waals surface area (Å²) in [6, 6.07) is 2.66. The summed E-state index contributed by atoms with van der Waals surface area (Å²) in [5.41, 5.74) is 4.04. The first kappa shape index (κ1) is 28.3. The summed E-state index contributed by atoms with van der Waals surface area (Å²) in [6.45, 7) is 6.46. The van der Waals surface area contributed by atoms with E-state index in [1.165, 1.54) is 28.5 Å². The Morgan fingerprint density at radius 3 is 2.88 bits per heavy atom. The van der Waals surface area contributed by atoms with Gasteiger partial charge in [-0.15, -0.1) is 11.3 Å². The third-order valence-electron chi connectivity index (χ3n) is 9.64. The number of likely N-dealkylation sites (N-methyl/N-ethyl adjacent to an activating group) is 1. The van der Waals surface area contributed by atoms with Crippen molar-refractivity contribution in [3.8, 4) is 6.01 Å². The molecule has 220 valence electrons. The van der Waals surface area contributed by atoms with Gasteiger partial charge in [-0.25, -0.2) is 4.39 Å². The molecular formula is C31H41FN6O2S. The molecule has 2 aliphatic carbocycles. The van der Waals surface area contributed by atoms with Crippen LogP contribution in [0.15, 0.2) is 29.1 Å². The van der Waals surface area contributed by atoms with Gasteiger partial charge in [0.2, 0.25) is 5.91 Å². The number of amides is 1. The van der Waals surface area contributed by atoms with Gasteiger partial charge in [0, 0.05) is 62.3 Å². The minimum Gasteiger partial charge on any atom is -0.462 e. The predicted octanol–water partition coefficient (Wildman–Crippen LogP) is 3.92. The monoisotopic (exact) mass is 580 g/mol. The van der Waals surface area contributed by atoms with E-state index in [2.05, 4.69) is 27.9 Å². The van der Waals surface area contributed by atoms with Crippen molar-refractivity contribution in [3.63, 3.8) is 0 Å². The summed E-state index contributed by atoms with van der Waals surface area (Å²) >= 11 is 1.89. The average molecular weight is 581 g/mol. The molecule has 41 heavy (non-hydrogen) atoms. The molecule has 1 amide bonds. The molecule has 4 heterocycles. The summed E-state index contributed by atoms with van der Waals surface area (Å²) in [7, 11) is 3.71.